The Morgan fingerprint density at radius 3 is 1.44 bits per heavy atom. The van der Waals surface area contributed by atoms with Gasteiger partial charge in [0, 0.05) is 11.1 Å². The third kappa shape index (κ3) is 3.98. The Morgan fingerprint density at radius 2 is 0.831 bits per heavy atom. The minimum absolute atomic E-state index is 0.521. The molecule has 3 aliphatic carbocycles. The topological polar surface area (TPSA) is 52.1 Å². The zero-order valence-corrected chi connectivity index (χ0v) is 31.5. The molecule has 2 heterocycles. The van der Waals surface area contributed by atoms with Crippen LogP contribution in [-0.4, -0.2) is 9.97 Å². The molecule has 4 nitrogen and oxygen atoms in total. The van der Waals surface area contributed by atoms with Crippen molar-refractivity contribution in [2.45, 2.75) is 5.41 Å². The van der Waals surface area contributed by atoms with E-state index in [-0.39, 0.29) is 0 Å². The minimum atomic E-state index is -0.521. The normalized spacial score (nSPS) is 13.6. The number of fused-ring (bicyclic) bond motifs is 15. The van der Waals surface area contributed by atoms with E-state index < -0.39 is 5.41 Å². The van der Waals surface area contributed by atoms with Gasteiger partial charge < -0.3 is 8.83 Å². The number of hydrogen-bond acceptors (Lipinski definition) is 4. The smallest absolute Gasteiger partial charge is 0.227 e. The van der Waals surface area contributed by atoms with E-state index in [1.54, 1.807) is 0 Å². The van der Waals surface area contributed by atoms with Crippen molar-refractivity contribution in [2.24, 2.45) is 0 Å². The van der Waals surface area contributed by atoms with Crippen LogP contribution in [0.5, 0.6) is 0 Å². The maximum absolute atomic E-state index is 6.53. The fourth-order valence-corrected chi connectivity index (χ4v) is 10.8. The van der Waals surface area contributed by atoms with Crippen LogP contribution in [0.4, 0.5) is 0 Å². The lowest BCUT2D eigenvalue weighted by Crippen LogP contribution is -2.26. The van der Waals surface area contributed by atoms with E-state index in [1.807, 2.05) is 48.5 Å². The summed E-state index contributed by atoms with van der Waals surface area (Å²) in [5, 5.41) is 2.53. The van der Waals surface area contributed by atoms with E-state index in [2.05, 4.69) is 133 Å². The fraction of sp³-hybridized carbons (Fsp3) is 0.0182. The molecule has 0 saturated carbocycles. The number of oxazole rings is 2. The van der Waals surface area contributed by atoms with Gasteiger partial charge >= 0.3 is 0 Å². The Kier molecular flexibility index (Phi) is 5.93. The van der Waals surface area contributed by atoms with Gasteiger partial charge in [0.1, 0.15) is 11.0 Å². The lowest BCUT2D eigenvalue weighted by Gasteiger charge is -2.31. The Bertz CT molecular complexity index is 3430. The van der Waals surface area contributed by atoms with Crippen molar-refractivity contribution in [2.75, 3.05) is 0 Å². The molecule has 0 N–H and O–H groups in total. The van der Waals surface area contributed by atoms with Crippen molar-refractivity contribution in [3.63, 3.8) is 0 Å². The first kappa shape index (κ1) is 31.3. The summed E-state index contributed by atoms with van der Waals surface area (Å²) in [6.45, 7) is 0. The van der Waals surface area contributed by atoms with Crippen LogP contribution in [0.2, 0.25) is 0 Å². The average molecular weight is 751 g/mol. The van der Waals surface area contributed by atoms with Crippen molar-refractivity contribution in [1.82, 2.24) is 9.97 Å². The van der Waals surface area contributed by atoms with Gasteiger partial charge in [-0.1, -0.05) is 133 Å². The quantitative estimate of drug-likeness (QED) is 0.180. The molecule has 59 heavy (non-hydrogen) atoms. The molecule has 0 atom stereocenters. The van der Waals surface area contributed by atoms with E-state index in [9.17, 15) is 0 Å². The van der Waals surface area contributed by atoms with Crippen molar-refractivity contribution >= 4 is 33.0 Å². The first-order chi connectivity index (χ1) is 29.2. The van der Waals surface area contributed by atoms with Gasteiger partial charge in [0.2, 0.25) is 11.8 Å². The summed E-state index contributed by atoms with van der Waals surface area (Å²) in [5.74, 6) is 1.10. The van der Waals surface area contributed by atoms with Crippen LogP contribution in [0.3, 0.4) is 0 Å². The van der Waals surface area contributed by atoms with Gasteiger partial charge in [0.25, 0.3) is 0 Å². The van der Waals surface area contributed by atoms with Crippen LogP contribution in [0.15, 0.2) is 191 Å². The fourth-order valence-electron chi connectivity index (χ4n) is 10.8. The Morgan fingerprint density at radius 1 is 0.339 bits per heavy atom. The van der Waals surface area contributed by atoms with Gasteiger partial charge in [-0.25, -0.2) is 9.97 Å². The van der Waals surface area contributed by atoms with E-state index >= 15 is 0 Å². The molecule has 4 heteroatoms. The first-order valence-electron chi connectivity index (χ1n) is 20.1. The van der Waals surface area contributed by atoms with Crippen LogP contribution >= 0.6 is 0 Å². The number of nitrogens with zero attached hydrogens (tertiary/aromatic N) is 2. The molecule has 0 aliphatic heterocycles. The Hall–Kier alpha value is -7.82. The summed E-state index contributed by atoms with van der Waals surface area (Å²) < 4.78 is 13.1. The van der Waals surface area contributed by atoms with Gasteiger partial charge in [-0.2, -0.15) is 0 Å². The summed E-state index contributed by atoms with van der Waals surface area (Å²) in [5.41, 5.74) is 21.8. The summed E-state index contributed by atoms with van der Waals surface area (Å²) in [6, 6.07) is 65.7. The second-order valence-corrected chi connectivity index (χ2v) is 16.0. The number of hydrogen-bond donors (Lipinski definition) is 0. The standard InChI is InChI=1S/C55H30N2O2/c1-4-20-41-35(15-1)36-16-2-5-21-42(36)55(41)43-22-6-3-17-38(43)52-44(55)30-40-37-18-11-13-31-14-12-19-39(49(31)37)51(40)50(52)32-27-33(53-56-45-23-7-9-25-47(45)58-53)29-34(28-32)54-57-46-24-8-10-26-48(46)59-54/h1-30H. The van der Waals surface area contributed by atoms with Gasteiger partial charge in [0.15, 0.2) is 11.2 Å². The summed E-state index contributed by atoms with van der Waals surface area (Å²) in [4.78, 5) is 10.1. The summed E-state index contributed by atoms with van der Waals surface area (Å²) >= 11 is 0. The zero-order valence-electron chi connectivity index (χ0n) is 31.5. The van der Waals surface area contributed by atoms with Crippen LogP contribution in [0.1, 0.15) is 22.3 Å². The highest BCUT2D eigenvalue weighted by atomic mass is 16.4. The van der Waals surface area contributed by atoms with Crippen LogP contribution < -0.4 is 0 Å². The van der Waals surface area contributed by atoms with E-state index in [0.717, 1.165) is 38.9 Å². The average Bonchev–Trinajstić information content (AvgIpc) is 4.11. The summed E-state index contributed by atoms with van der Waals surface area (Å²) in [6.07, 6.45) is 0. The third-order valence-corrected chi connectivity index (χ3v) is 13.1. The van der Waals surface area contributed by atoms with Crippen LogP contribution in [0.25, 0.3) is 112 Å². The van der Waals surface area contributed by atoms with Crippen LogP contribution in [0, 0.1) is 0 Å². The molecule has 0 radical (unpaired) electrons. The molecular formula is C55H30N2O2. The molecule has 0 saturated heterocycles. The van der Waals surface area contributed by atoms with E-state index in [0.29, 0.717) is 11.8 Å². The maximum atomic E-state index is 6.53. The lowest BCUT2D eigenvalue weighted by molar-refractivity contribution is 0.617. The molecule has 0 fully saturated rings. The van der Waals surface area contributed by atoms with E-state index in [1.165, 1.54) is 83.1 Å². The Labute approximate surface area is 338 Å². The molecule has 14 rings (SSSR count). The van der Waals surface area contributed by atoms with Gasteiger partial charge in [-0.3, -0.25) is 0 Å². The number of aromatic nitrogens is 2. The highest BCUT2D eigenvalue weighted by Gasteiger charge is 2.53. The molecule has 0 bridgehead atoms. The van der Waals surface area contributed by atoms with Crippen molar-refractivity contribution in [1.29, 1.82) is 0 Å². The SMILES string of the molecule is c1ccc2c(c1)-c1ccccc1C21c2ccccc2-c2c1cc1c(c2-c2cc(-c3nc4ccccc4o3)cc(-c3nc4ccccc4o3)c2)-c2cccc3cccc-1c23. The lowest BCUT2D eigenvalue weighted by atomic mass is 9.69. The largest absolute Gasteiger partial charge is 0.436 e. The number of rotatable bonds is 3. The molecule has 272 valence electrons. The second-order valence-electron chi connectivity index (χ2n) is 16.0. The van der Waals surface area contributed by atoms with E-state index in [4.69, 9.17) is 18.8 Å². The van der Waals surface area contributed by atoms with Gasteiger partial charge in [-0.15, -0.1) is 0 Å². The molecule has 9 aromatic carbocycles. The van der Waals surface area contributed by atoms with Crippen LogP contribution in [-0.2, 0) is 5.41 Å². The third-order valence-electron chi connectivity index (χ3n) is 13.1. The molecule has 3 aliphatic rings. The highest BCUT2D eigenvalue weighted by Crippen LogP contribution is 2.67. The monoisotopic (exact) mass is 750 g/mol. The van der Waals surface area contributed by atoms with Crippen molar-refractivity contribution in [3.8, 4) is 78.5 Å². The molecule has 0 amide bonds. The van der Waals surface area contributed by atoms with Crippen molar-refractivity contribution < 1.29 is 8.83 Å². The van der Waals surface area contributed by atoms with Gasteiger partial charge in [-0.05, 0) is 137 Å². The zero-order chi connectivity index (χ0) is 38.4. The molecule has 0 unspecified atom stereocenters. The first-order valence-corrected chi connectivity index (χ1v) is 20.1. The molecule has 2 aromatic heterocycles. The molecular weight excluding hydrogens is 721 g/mol. The number of para-hydroxylation sites is 4. The van der Waals surface area contributed by atoms with Crippen molar-refractivity contribution in [3.05, 3.63) is 204 Å². The summed E-state index contributed by atoms with van der Waals surface area (Å²) in [7, 11) is 0. The predicted molar refractivity (Wildman–Crippen MR) is 236 cm³/mol. The maximum Gasteiger partial charge on any atom is 0.227 e. The Balaban J connectivity index is 1.16. The highest BCUT2D eigenvalue weighted by molar-refractivity contribution is 6.21. The van der Waals surface area contributed by atoms with Gasteiger partial charge in [0.05, 0.1) is 5.41 Å². The predicted octanol–water partition coefficient (Wildman–Crippen LogP) is 14.1. The minimum Gasteiger partial charge on any atom is -0.436 e. The molecule has 11 aromatic rings. The number of benzene rings is 9. The molecule has 1 spiro atoms. The second kappa shape index (κ2) is 11.2.